The third kappa shape index (κ3) is 6.57. The monoisotopic (exact) mass is 493 g/mol. The molecule has 0 spiro atoms. The van der Waals surface area contributed by atoms with Crippen molar-refractivity contribution in [3.63, 3.8) is 0 Å². The molecule has 5 rings (SSSR count). The number of fused-ring (bicyclic) bond motifs is 2. The molecule has 4 nitrogen and oxygen atoms in total. The molecule has 2 aliphatic rings. The van der Waals surface area contributed by atoms with E-state index in [0.717, 1.165) is 54.6 Å². The van der Waals surface area contributed by atoms with Crippen LogP contribution in [-0.4, -0.2) is 48.9 Å². The summed E-state index contributed by atoms with van der Waals surface area (Å²) in [5, 5.41) is 0. The standard InChI is InChI=1S/C33H39N3O/c1-34(25-28-12-3-2-4-13-28)22-10-9-11-27-20-23-35(24-21-27)26-33(37)36-31-16-7-5-14-29(31)18-19-30-15-6-8-17-32(30)36/h2-8,12-19,27H,9-11,20-26H2,1H3. The number of amides is 1. The second kappa shape index (κ2) is 12.4. The highest BCUT2D eigenvalue weighted by Gasteiger charge is 2.27. The van der Waals surface area contributed by atoms with Gasteiger partial charge in [-0.1, -0.05) is 91.7 Å². The molecular formula is C33H39N3O. The topological polar surface area (TPSA) is 26.8 Å². The van der Waals surface area contributed by atoms with Crippen LogP contribution in [0.25, 0.3) is 12.2 Å². The Morgan fingerprint density at radius 3 is 2.05 bits per heavy atom. The summed E-state index contributed by atoms with van der Waals surface area (Å²) in [6.45, 7) is 4.67. The van der Waals surface area contributed by atoms with E-state index in [1.807, 2.05) is 29.2 Å². The molecule has 3 aromatic rings. The number of likely N-dealkylation sites (tertiary alicyclic amines) is 1. The van der Waals surface area contributed by atoms with Crippen LogP contribution in [0.4, 0.5) is 11.4 Å². The van der Waals surface area contributed by atoms with Gasteiger partial charge in [0.15, 0.2) is 0 Å². The molecule has 3 aromatic carbocycles. The summed E-state index contributed by atoms with van der Waals surface area (Å²) >= 11 is 0. The van der Waals surface area contributed by atoms with Gasteiger partial charge in [0.25, 0.3) is 0 Å². The fraction of sp³-hybridized carbons (Fsp3) is 0.364. The highest BCUT2D eigenvalue weighted by atomic mass is 16.2. The van der Waals surface area contributed by atoms with Crippen molar-refractivity contribution in [3.05, 3.63) is 95.6 Å². The lowest BCUT2D eigenvalue weighted by atomic mass is 9.91. The van der Waals surface area contributed by atoms with Crippen LogP contribution in [-0.2, 0) is 11.3 Å². The van der Waals surface area contributed by atoms with Gasteiger partial charge in [0.1, 0.15) is 0 Å². The van der Waals surface area contributed by atoms with Crippen molar-refractivity contribution < 1.29 is 4.79 Å². The van der Waals surface area contributed by atoms with Gasteiger partial charge >= 0.3 is 0 Å². The van der Waals surface area contributed by atoms with Crippen molar-refractivity contribution in [1.29, 1.82) is 0 Å². The van der Waals surface area contributed by atoms with E-state index in [-0.39, 0.29) is 5.91 Å². The number of carbonyl (C=O) groups is 1. The van der Waals surface area contributed by atoms with Gasteiger partial charge in [0, 0.05) is 6.54 Å². The first-order chi connectivity index (χ1) is 18.2. The Hall–Kier alpha value is -3.21. The second-order valence-electron chi connectivity index (χ2n) is 10.6. The van der Waals surface area contributed by atoms with E-state index in [2.05, 4.69) is 83.6 Å². The Bertz CT molecular complexity index is 1150. The molecule has 192 valence electrons. The third-order valence-corrected chi connectivity index (χ3v) is 7.81. The summed E-state index contributed by atoms with van der Waals surface area (Å²) in [7, 11) is 2.22. The molecule has 0 aromatic heterocycles. The van der Waals surface area contributed by atoms with Crippen LogP contribution in [0.5, 0.6) is 0 Å². The molecule has 0 unspecified atom stereocenters. The summed E-state index contributed by atoms with van der Waals surface area (Å²) in [6.07, 6.45) is 10.5. The maximum Gasteiger partial charge on any atom is 0.245 e. The predicted molar refractivity (Wildman–Crippen MR) is 155 cm³/mol. The largest absolute Gasteiger partial charge is 0.302 e. The average Bonchev–Trinajstić information content (AvgIpc) is 3.09. The molecule has 37 heavy (non-hydrogen) atoms. The zero-order chi connectivity index (χ0) is 25.5. The number of nitrogens with zero attached hydrogens (tertiary/aromatic N) is 3. The van der Waals surface area contributed by atoms with Crippen molar-refractivity contribution in [2.45, 2.75) is 38.6 Å². The van der Waals surface area contributed by atoms with Gasteiger partial charge in [-0.15, -0.1) is 0 Å². The van der Waals surface area contributed by atoms with Crippen LogP contribution in [0.3, 0.4) is 0 Å². The Morgan fingerprint density at radius 2 is 1.41 bits per heavy atom. The van der Waals surface area contributed by atoms with Crippen molar-refractivity contribution in [1.82, 2.24) is 9.80 Å². The first-order valence-electron chi connectivity index (χ1n) is 13.8. The van der Waals surface area contributed by atoms with Crippen LogP contribution in [0.15, 0.2) is 78.9 Å². The van der Waals surface area contributed by atoms with Gasteiger partial charge in [-0.3, -0.25) is 14.6 Å². The molecule has 2 heterocycles. The van der Waals surface area contributed by atoms with Gasteiger partial charge in [0.05, 0.1) is 17.9 Å². The molecule has 2 aliphatic heterocycles. The average molecular weight is 494 g/mol. The molecular weight excluding hydrogens is 454 g/mol. The lowest BCUT2D eigenvalue weighted by Crippen LogP contribution is -2.42. The van der Waals surface area contributed by atoms with Gasteiger partial charge in [-0.25, -0.2) is 0 Å². The Kier molecular flexibility index (Phi) is 8.49. The molecule has 0 N–H and O–H groups in total. The summed E-state index contributed by atoms with van der Waals surface area (Å²) in [5.74, 6) is 0.943. The summed E-state index contributed by atoms with van der Waals surface area (Å²) in [5.41, 5.74) is 5.50. The van der Waals surface area contributed by atoms with Crippen LogP contribution in [0.2, 0.25) is 0 Å². The van der Waals surface area contributed by atoms with E-state index in [1.165, 1.54) is 37.7 Å². The highest BCUT2D eigenvalue weighted by Crippen LogP contribution is 2.36. The number of hydrogen-bond acceptors (Lipinski definition) is 3. The van der Waals surface area contributed by atoms with Crippen LogP contribution >= 0.6 is 0 Å². The smallest absolute Gasteiger partial charge is 0.245 e. The van der Waals surface area contributed by atoms with Gasteiger partial charge < -0.3 is 4.90 Å². The van der Waals surface area contributed by atoms with Crippen LogP contribution in [0.1, 0.15) is 48.8 Å². The minimum atomic E-state index is 0.156. The van der Waals surface area contributed by atoms with Crippen molar-refractivity contribution in [3.8, 4) is 0 Å². The van der Waals surface area contributed by atoms with E-state index in [1.54, 1.807) is 0 Å². The summed E-state index contributed by atoms with van der Waals surface area (Å²) < 4.78 is 0. The van der Waals surface area contributed by atoms with E-state index >= 15 is 0 Å². The zero-order valence-electron chi connectivity index (χ0n) is 22.1. The normalized spacial score (nSPS) is 15.9. The minimum Gasteiger partial charge on any atom is -0.302 e. The van der Waals surface area contributed by atoms with Crippen LogP contribution in [0, 0.1) is 5.92 Å². The van der Waals surface area contributed by atoms with E-state index in [4.69, 9.17) is 0 Å². The molecule has 0 saturated carbocycles. The van der Waals surface area contributed by atoms with Crippen molar-refractivity contribution in [2.75, 3.05) is 38.1 Å². The SMILES string of the molecule is CN(CCCCC1CCN(CC(=O)N2c3ccccc3C=Cc3ccccc32)CC1)Cc1ccccc1. The van der Waals surface area contributed by atoms with Gasteiger partial charge in [-0.05, 0) is 80.7 Å². The molecule has 1 saturated heterocycles. The number of carbonyl (C=O) groups excluding carboxylic acids is 1. The first-order valence-corrected chi connectivity index (χ1v) is 13.8. The highest BCUT2D eigenvalue weighted by molar-refractivity contribution is 6.07. The van der Waals surface area contributed by atoms with Crippen LogP contribution < -0.4 is 4.90 Å². The number of piperidine rings is 1. The van der Waals surface area contributed by atoms with E-state index < -0.39 is 0 Å². The molecule has 1 amide bonds. The first kappa shape index (κ1) is 25.4. The van der Waals surface area contributed by atoms with Gasteiger partial charge in [-0.2, -0.15) is 0 Å². The number of rotatable bonds is 9. The molecule has 4 heteroatoms. The predicted octanol–water partition coefficient (Wildman–Crippen LogP) is 6.85. The number of benzene rings is 3. The van der Waals surface area contributed by atoms with Crippen molar-refractivity contribution >= 4 is 29.4 Å². The summed E-state index contributed by atoms with van der Waals surface area (Å²) in [4.78, 5) is 20.4. The molecule has 1 fully saturated rings. The van der Waals surface area contributed by atoms with E-state index in [9.17, 15) is 4.79 Å². The lowest BCUT2D eigenvalue weighted by molar-refractivity contribution is -0.119. The Balaban J connectivity index is 1.09. The lowest BCUT2D eigenvalue weighted by Gasteiger charge is -2.33. The second-order valence-corrected chi connectivity index (χ2v) is 10.6. The fourth-order valence-electron chi connectivity index (χ4n) is 5.73. The third-order valence-electron chi connectivity index (χ3n) is 7.81. The fourth-order valence-corrected chi connectivity index (χ4v) is 5.73. The number of unbranched alkanes of at least 4 members (excludes halogenated alkanes) is 1. The Morgan fingerprint density at radius 1 is 0.811 bits per heavy atom. The summed E-state index contributed by atoms with van der Waals surface area (Å²) in [6, 6.07) is 27.1. The maximum atomic E-state index is 13.7. The molecule has 0 bridgehead atoms. The van der Waals surface area contributed by atoms with Crippen molar-refractivity contribution in [2.24, 2.45) is 5.92 Å². The van der Waals surface area contributed by atoms with Gasteiger partial charge in [0.2, 0.25) is 5.91 Å². The number of hydrogen-bond donors (Lipinski definition) is 0. The minimum absolute atomic E-state index is 0.156. The number of para-hydroxylation sites is 2. The molecule has 0 radical (unpaired) electrons. The quantitative estimate of drug-likeness (QED) is 0.305. The molecule has 0 atom stereocenters. The Labute approximate surface area is 222 Å². The maximum absolute atomic E-state index is 13.7. The van der Waals surface area contributed by atoms with E-state index in [0.29, 0.717) is 6.54 Å². The number of anilines is 2. The zero-order valence-corrected chi connectivity index (χ0v) is 22.1. The molecule has 0 aliphatic carbocycles.